The summed E-state index contributed by atoms with van der Waals surface area (Å²) in [6.45, 7) is -2.63. The third-order valence-corrected chi connectivity index (χ3v) is 6.85. The van der Waals surface area contributed by atoms with Crippen molar-refractivity contribution in [3.63, 3.8) is 0 Å². The van der Waals surface area contributed by atoms with Gasteiger partial charge in [-0.2, -0.15) is 0 Å². The molecule has 8 N–H and O–H groups in total. The van der Waals surface area contributed by atoms with Gasteiger partial charge in [-0.1, -0.05) is 18.2 Å². The molecule has 0 bridgehead atoms. The van der Waals surface area contributed by atoms with Crippen molar-refractivity contribution in [2.24, 2.45) is 0 Å². The Kier molecular flexibility index (Phi) is 12.7. The van der Waals surface area contributed by atoms with Crippen LogP contribution in [-0.4, -0.2) is 129 Å². The normalized spacial score (nSPS) is 11.3. The molecule has 16 heteroatoms. The summed E-state index contributed by atoms with van der Waals surface area (Å²) >= 11 is 0. The van der Waals surface area contributed by atoms with E-state index in [-0.39, 0.29) is 38.3 Å². The number of amides is 1. The number of carbonyl (C=O) groups excluding carboxylic acids is 1. The van der Waals surface area contributed by atoms with Crippen molar-refractivity contribution >= 4 is 52.1 Å². The SMILES string of the molecule is Nc1ccc(Cc2cc(=O)[nH]c3cc(NC(=O)CN(CCN(CCN(CC(=O)O)CC(=O)O)CC(=O)O)CC(=O)O)ccc23)cc1. The number of nitrogens with one attached hydrogen (secondary N) is 2. The molecule has 0 aliphatic carbocycles. The lowest BCUT2D eigenvalue weighted by Crippen LogP contribution is -2.46. The predicted octanol–water partition coefficient (Wildman–Crippen LogP) is -0.116. The number of carboxylic acid groups (broad SMARTS) is 4. The molecule has 246 valence electrons. The van der Waals surface area contributed by atoms with E-state index in [9.17, 15) is 39.0 Å². The molecule has 0 saturated heterocycles. The third-order valence-electron chi connectivity index (χ3n) is 6.85. The van der Waals surface area contributed by atoms with Crippen molar-refractivity contribution in [1.82, 2.24) is 19.7 Å². The Balaban J connectivity index is 1.67. The van der Waals surface area contributed by atoms with Crippen LogP contribution in [0.2, 0.25) is 0 Å². The molecule has 0 atom stereocenters. The molecule has 0 unspecified atom stereocenters. The van der Waals surface area contributed by atoms with Gasteiger partial charge in [-0.05, 0) is 41.8 Å². The van der Waals surface area contributed by atoms with Gasteiger partial charge in [0.15, 0.2) is 0 Å². The summed E-state index contributed by atoms with van der Waals surface area (Å²) in [6, 6.07) is 13.8. The van der Waals surface area contributed by atoms with Crippen molar-refractivity contribution in [1.29, 1.82) is 0 Å². The largest absolute Gasteiger partial charge is 0.480 e. The van der Waals surface area contributed by atoms with Gasteiger partial charge in [0.2, 0.25) is 11.5 Å². The molecule has 0 aliphatic heterocycles. The maximum atomic E-state index is 12.9. The Hall–Kier alpha value is -5.32. The molecule has 46 heavy (non-hydrogen) atoms. The number of pyridine rings is 1. The van der Waals surface area contributed by atoms with Gasteiger partial charge < -0.3 is 36.5 Å². The summed E-state index contributed by atoms with van der Waals surface area (Å²) in [4.78, 5) is 77.0. The molecule has 0 spiro atoms. The van der Waals surface area contributed by atoms with Gasteiger partial charge in [0.25, 0.3) is 0 Å². The van der Waals surface area contributed by atoms with E-state index in [1.165, 1.54) is 15.9 Å². The molecule has 0 saturated carbocycles. The van der Waals surface area contributed by atoms with Crippen LogP contribution in [0.3, 0.4) is 0 Å². The molecular weight excluding hydrogens is 604 g/mol. The average molecular weight is 641 g/mol. The van der Waals surface area contributed by atoms with Gasteiger partial charge in [0.1, 0.15) is 0 Å². The van der Waals surface area contributed by atoms with Gasteiger partial charge in [0.05, 0.1) is 38.2 Å². The summed E-state index contributed by atoms with van der Waals surface area (Å²) in [5.74, 6) is -5.47. The third kappa shape index (κ3) is 12.0. The van der Waals surface area contributed by atoms with Crippen molar-refractivity contribution in [2.75, 3.05) is 70.0 Å². The number of hydrogen-bond acceptors (Lipinski definition) is 10. The minimum absolute atomic E-state index is 0.00512. The number of aromatic nitrogens is 1. The number of rotatable bonds is 19. The van der Waals surface area contributed by atoms with E-state index in [4.69, 9.17) is 15.9 Å². The molecule has 16 nitrogen and oxygen atoms in total. The number of carboxylic acids is 4. The monoisotopic (exact) mass is 640 g/mol. The fourth-order valence-corrected chi connectivity index (χ4v) is 4.84. The Bertz CT molecular complexity index is 1610. The van der Waals surface area contributed by atoms with Crippen LogP contribution in [-0.2, 0) is 30.4 Å². The summed E-state index contributed by atoms with van der Waals surface area (Å²) in [5, 5.41) is 40.2. The van der Waals surface area contributed by atoms with Crippen LogP contribution in [0, 0.1) is 0 Å². The number of benzene rings is 2. The lowest BCUT2D eigenvalue weighted by molar-refractivity contribution is -0.143. The maximum Gasteiger partial charge on any atom is 0.317 e. The number of hydrogen-bond donors (Lipinski definition) is 7. The van der Waals surface area contributed by atoms with Crippen LogP contribution in [0.4, 0.5) is 11.4 Å². The summed E-state index contributed by atoms with van der Waals surface area (Å²) in [7, 11) is 0. The first-order valence-electron chi connectivity index (χ1n) is 14.1. The van der Waals surface area contributed by atoms with Gasteiger partial charge >= 0.3 is 23.9 Å². The molecule has 1 heterocycles. The van der Waals surface area contributed by atoms with Crippen molar-refractivity contribution in [2.45, 2.75) is 6.42 Å². The van der Waals surface area contributed by atoms with E-state index in [2.05, 4.69) is 10.3 Å². The van der Waals surface area contributed by atoms with E-state index >= 15 is 0 Å². The molecule has 1 amide bonds. The zero-order chi connectivity index (χ0) is 33.8. The lowest BCUT2D eigenvalue weighted by atomic mass is 10.0. The fourth-order valence-electron chi connectivity index (χ4n) is 4.84. The minimum Gasteiger partial charge on any atom is -0.480 e. The number of H-pyrrole nitrogens is 1. The smallest absolute Gasteiger partial charge is 0.317 e. The number of aromatic amines is 1. The molecular formula is C30H36N6O10. The van der Waals surface area contributed by atoms with Crippen LogP contribution in [0.15, 0.2) is 53.3 Å². The highest BCUT2D eigenvalue weighted by Gasteiger charge is 2.20. The number of nitrogens with two attached hydrogens (primary N) is 1. The number of aliphatic carboxylic acids is 4. The van der Waals surface area contributed by atoms with Crippen LogP contribution < -0.4 is 16.6 Å². The zero-order valence-electron chi connectivity index (χ0n) is 24.8. The maximum absolute atomic E-state index is 12.9. The standard InChI is InChI=1S/C30H36N6O10/c31-21-3-1-19(2-4-21)11-20-12-25(37)33-24-13-22(5-6-23(20)24)32-26(38)14-35(16-28(41)42)9-7-34(15-27(39)40)8-10-36(17-29(43)44)18-30(45)46/h1-6,12-13H,7-11,14-18,31H2,(H,32,38)(H,33,37)(H,39,40)(H,41,42)(H,43,44)(H,45,46). The Morgan fingerprint density at radius 1 is 0.674 bits per heavy atom. The van der Waals surface area contributed by atoms with E-state index in [1.54, 1.807) is 30.3 Å². The highest BCUT2D eigenvalue weighted by molar-refractivity contribution is 5.95. The Labute approximate surface area is 262 Å². The average Bonchev–Trinajstić information content (AvgIpc) is 2.94. The molecule has 1 aromatic heterocycles. The van der Waals surface area contributed by atoms with E-state index in [1.807, 2.05) is 12.1 Å². The number of nitrogens with zero attached hydrogens (tertiary/aromatic N) is 3. The second-order valence-corrected chi connectivity index (χ2v) is 10.7. The second-order valence-electron chi connectivity index (χ2n) is 10.7. The van der Waals surface area contributed by atoms with Gasteiger partial charge in [0, 0.05) is 49.0 Å². The summed E-state index contributed by atoms with van der Waals surface area (Å²) < 4.78 is 0. The molecule has 3 aromatic rings. The molecule has 0 aliphatic rings. The van der Waals surface area contributed by atoms with E-state index < -0.39 is 56.0 Å². The first-order valence-corrected chi connectivity index (χ1v) is 14.1. The highest BCUT2D eigenvalue weighted by atomic mass is 16.4. The number of carbonyl (C=O) groups is 5. The van der Waals surface area contributed by atoms with Gasteiger partial charge in [-0.15, -0.1) is 0 Å². The first-order chi connectivity index (χ1) is 21.8. The number of fused-ring (bicyclic) bond motifs is 1. The molecule has 2 aromatic carbocycles. The summed E-state index contributed by atoms with van der Waals surface area (Å²) in [6.07, 6.45) is 0.479. The van der Waals surface area contributed by atoms with E-state index in [0.29, 0.717) is 23.3 Å². The van der Waals surface area contributed by atoms with Crippen molar-refractivity contribution in [3.8, 4) is 0 Å². The van der Waals surface area contributed by atoms with Gasteiger partial charge in [-0.25, -0.2) is 0 Å². The Morgan fingerprint density at radius 3 is 1.72 bits per heavy atom. The Morgan fingerprint density at radius 2 is 1.17 bits per heavy atom. The first kappa shape index (κ1) is 35.2. The molecule has 0 radical (unpaired) electrons. The number of anilines is 2. The zero-order valence-corrected chi connectivity index (χ0v) is 24.8. The van der Waals surface area contributed by atoms with Crippen molar-refractivity contribution < 1.29 is 44.4 Å². The van der Waals surface area contributed by atoms with Crippen LogP contribution in [0.5, 0.6) is 0 Å². The summed E-state index contributed by atoms with van der Waals surface area (Å²) in [5.41, 5.74) is 8.63. The topological polar surface area (TPSA) is 247 Å². The highest BCUT2D eigenvalue weighted by Crippen LogP contribution is 2.22. The molecule has 3 rings (SSSR count). The van der Waals surface area contributed by atoms with Crippen LogP contribution >= 0.6 is 0 Å². The van der Waals surface area contributed by atoms with E-state index in [0.717, 1.165) is 21.4 Å². The van der Waals surface area contributed by atoms with Crippen molar-refractivity contribution in [3.05, 3.63) is 70.0 Å². The second kappa shape index (κ2) is 16.7. The quantitative estimate of drug-likeness (QED) is 0.0845. The lowest BCUT2D eigenvalue weighted by Gasteiger charge is -2.27. The number of nitrogen functional groups attached to an aromatic ring is 1. The van der Waals surface area contributed by atoms with Crippen LogP contribution in [0.1, 0.15) is 11.1 Å². The molecule has 0 fully saturated rings. The fraction of sp³-hybridized carbons (Fsp3) is 0.333. The van der Waals surface area contributed by atoms with Gasteiger partial charge in [-0.3, -0.25) is 43.5 Å². The van der Waals surface area contributed by atoms with Crippen LogP contribution in [0.25, 0.3) is 10.9 Å². The minimum atomic E-state index is -1.25. The predicted molar refractivity (Wildman–Crippen MR) is 167 cm³/mol.